The van der Waals surface area contributed by atoms with Crippen molar-refractivity contribution in [2.24, 2.45) is 0 Å². The van der Waals surface area contributed by atoms with Gasteiger partial charge in [-0.3, -0.25) is 4.57 Å². The summed E-state index contributed by atoms with van der Waals surface area (Å²) in [6, 6.07) is 75.0. The van der Waals surface area contributed by atoms with Crippen molar-refractivity contribution < 1.29 is 8.83 Å². The summed E-state index contributed by atoms with van der Waals surface area (Å²) in [6.07, 6.45) is 0. The molecule has 324 valence electrons. The molecular formula is C63H35N5O2. The number of hydrogen-bond acceptors (Lipinski definition) is 5. The van der Waals surface area contributed by atoms with Crippen molar-refractivity contribution >= 4 is 120 Å². The van der Waals surface area contributed by atoms with Crippen LogP contribution >= 0.6 is 0 Å². The number of benzene rings is 11. The predicted octanol–water partition coefficient (Wildman–Crippen LogP) is 16.7. The smallest absolute Gasteiger partial charge is 0.238 e. The lowest BCUT2D eigenvalue weighted by molar-refractivity contribution is 0.669. The van der Waals surface area contributed by atoms with Crippen molar-refractivity contribution in [2.45, 2.75) is 0 Å². The molecule has 0 radical (unpaired) electrons. The highest BCUT2D eigenvalue weighted by molar-refractivity contribution is 6.24. The average molecular weight is 894 g/mol. The van der Waals surface area contributed by atoms with Crippen LogP contribution in [0.2, 0.25) is 0 Å². The van der Waals surface area contributed by atoms with E-state index < -0.39 is 0 Å². The van der Waals surface area contributed by atoms with Gasteiger partial charge in [0.05, 0.1) is 27.8 Å². The molecule has 16 rings (SSSR count). The molecule has 0 fully saturated rings. The van der Waals surface area contributed by atoms with Crippen molar-refractivity contribution in [1.82, 2.24) is 24.1 Å². The molecular weight excluding hydrogens is 859 g/mol. The lowest BCUT2D eigenvalue weighted by atomic mass is 10.0. The Morgan fingerprint density at radius 2 is 0.900 bits per heavy atom. The van der Waals surface area contributed by atoms with Gasteiger partial charge in [0, 0.05) is 65.7 Å². The van der Waals surface area contributed by atoms with Crippen LogP contribution in [0, 0.1) is 0 Å². The number of aromatic nitrogens is 5. The van der Waals surface area contributed by atoms with Gasteiger partial charge in [-0.25, -0.2) is 4.98 Å². The Hall–Kier alpha value is -9.59. The van der Waals surface area contributed by atoms with E-state index >= 15 is 0 Å². The van der Waals surface area contributed by atoms with Crippen LogP contribution in [-0.4, -0.2) is 24.1 Å². The van der Waals surface area contributed by atoms with Crippen molar-refractivity contribution in [2.75, 3.05) is 0 Å². The maximum atomic E-state index is 7.16. The fourth-order valence-electron chi connectivity index (χ4n) is 11.5. The summed E-state index contributed by atoms with van der Waals surface area (Å²) in [5, 5.41) is 15.4. The van der Waals surface area contributed by atoms with E-state index in [1.54, 1.807) is 0 Å². The van der Waals surface area contributed by atoms with E-state index in [0.29, 0.717) is 17.6 Å². The fraction of sp³-hybridized carbons (Fsp3) is 0. The van der Waals surface area contributed by atoms with Gasteiger partial charge in [-0.2, -0.15) is 9.97 Å². The molecule has 0 amide bonds. The Balaban J connectivity index is 1.07. The van der Waals surface area contributed by atoms with Gasteiger partial charge in [0.2, 0.25) is 5.95 Å². The number of para-hydroxylation sites is 3. The van der Waals surface area contributed by atoms with Crippen LogP contribution in [0.5, 0.6) is 0 Å². The van der Waals surface area contributed by atoms with Crippen LogP contribution in [0.15, 0.2) is 221 Å². The Bertz CT molecular complexity index is 4860. The van der Waals surface area contributed by atoms with Crippen molar-refractivity contribution in [1.29, 1.82) is 0 Å². The van der Waals surface area contributed by atoms with Gasteiger partial charge >= 0.3 is 0 Å². The molecule has 0 aliphatic carbocycles. The molecule has 0 N–H and O–H groups in total. The normalized spacial score (nSPS) is 12.3. The number of nitrogens with zero attached hydrogens (tertiary/aromatic N) is 5. The zero-order valence-electron chi connectivity index (χ0n) is 37.3. The minimum atomic E-state index is 0.508. The SMILES string of the molecule is c1ccc2cc3c(cc2c1)c1c2ccccc2ccc1n3-c1cc(-c2nc(-c3cccc4oc5ccccc5c34)nc(-n3c4ccccc4c4ccccc43)n2)c2c(c1)oc1c3ccccc3ccc12. The second-order valence-corrected chi connectivity index (χ2v) is 18.3. The van der Waals surface area contributed by atoms with E-state index in [4.69, 9.17) is 23.8 Å². The molecule has 0 saturated heterocycles. The maximum absolute atomic E-state index is 7.16. The molecule has 0 spiro atoms. The van der Waals surface area contributed by atoms with Gasteiger partial charge in [-0.1, -0.05) is 152 Å². The topological polar surface area (TPSA) is 74.8 Å². The third kappa shape index (κ3) is 5.20. The van der Waals surface area contributed by atoms with E-state index in [2.05, 4.69) is 191 Å². The third-order valence-corrected chi connectivity index (χ3v) is 14.5. The molecule has 0 aliphatic rings. The second-order valence-electron chi connectivity index (χ2n) is 18.3. The van der Waals surface area contributed by atoms with E-state index in [9.17, 15) is 0 Å². The van der Waals surface area contributed by atoms with E-state index in [-0.39, 0.29) is 0 Å². The zero-order valence-corrected chi connectivity index (χ0v) is 37.3. The Kier molecular flexibility index (Phi) is 7.49. The molecule has 0 bridgehead atoms. The van der Waals surface area contributed by atoms with Crippen LogP contribution in [0.4, 0.5) is 0 Å². The lowest BCUT2D eigenvalue weighted by Crippen LogP contribution is -2.07. The summed E-state index contributed by atoms with van der Waals surface area (Å²) in [4.78, 5) is 16.6. The van der Waals surface area contributed by atoms with Crippen LogP contribution in [0.25, 0.3) is 154 Å². The van der Waals surface area contributed by atoms with Crippen molar-refractivity contribution in [3.05, 3.63) is 212 Å². The molecule has 5 aromatic heterocycles. The zero-order chi connectivity index (χ0) is 45.6. The van der Waals surface area contributed by atoms with Crippen LogP contribution in [0.3, 0.4) is 0 Å². The standard InChI is InChI=1S/C63H35N5O2/c1-2-17-39-33-53-48(32-38(39)16-1)57-41-18-5-3-14-36(41)29-31-52(57)67(53)40-34-49(59-46-30-28-37-15-4-6-19-42(37)60(46)70-56(59)35-40)62-64-61(47-23-13-27-55-58(47)45-22-9-12-26-54(45)69-55)65-63(66-62)68-50-24-10-7-20-43(50)44-21-8-11-25-51(44)68/h1-35H. The highest BCUT2D eigenvalue weighted by Gasteiger charge is 2.25. The van der Waals surface area contributed by atoms with Crippen molar-refractivity contribution in [3.63, 3.8) is 0 Å². The van der Waals surface area contributed by atoms with E-state index in [1.807, 2.05) is 30.3 Å². The van der Waals surface area contributed by atoms with E-state index in [0.717, 1.165) is 104 Å². The average Bonchev–Trinajstić information content (AvgIpc) is 4.18. The number of fused-ring (bicyclic) bond motifs is 17. The molecule has 16 aromatic rings. The summed E-state index contributed by atoms with van der Waals surface area (Å²) in [5.41, 5.74) is 9.93. The van der Waals surface area contributed by atoms with Crippen LogP contribution < -0.4 is 0 Å². The number of hydrogen-bond donors (Lipinski definition) is 0. The summed E-state index contributed by atoms with van der Waals surface area (Å²) >= 11 is 0. The van der Waals surface area contributed by atoms with Crippen LogP contribution in [-0.2, 0) is 0 Å². The predicted molar refractivity (Wildman–Crippen MR) is 286 cm³/mol. The summed E-state index contributed by atoms with van der Waals surface area (Å²) < 4.78 is 18.2. The third-order valence-electron chi connectivity index (χ3n) is 14.5. The first-order chi connectivity index (χ1) is 34.7. The first kappa shape index (κ1) is 37.5. The molecule has 0 atom stereocenters. The van der Waals surface area contributed by atoms with Gasteiger partial charge in [-0.05, 0) is 81.5 Å². The number of furan rings is 2. The highest BCUT2D eigenvalue weighted by atomic mass is 16.3. The molecule has 0 saturated carbocycles. The van der Waals surface area contributed by atoms with Crippen molar-refractivity contribution in [3.8, 4) is 34.4 Å². The molecule has 11 aromatic carbocycles. The summed E-state index contributed by atoms with van der Waals surface area (Å²) in [7, 11) is 0. The quantitative estimate of drug-likeness (QED) is 0.176. The van der Waals surface area contributed by atoms with E-state index in [1.165, 1.54) is 32.3 Å². The first-order valence-electron chi connectivity index (χ1n) is 23.6. The second kappa shape index (κ2) is 14.0. The Labute approximate surface area is 397 Å². The first-order valence-corrected chi connectivity index (χ1v) is 23.6. The fourth-order valence-corrected chi connectivity index (χ4v) is 11.5. The Morgan fingerprint density at radius 3 is 1.69 bits per heavy atom. The van der Waals surface area contributed by atoms with Crippen LogP contribution in [0.1, 0.15) is 0 Å². The van der Waals surface area contributed by atoms with Gasteiger partial charge in [0.25, 0.3) is 0 Å². The molecule has 70 heavy (non-hydrogen) atoms. The van der Waals surface area contributed by atoms with Gasteiger partial charge in [-0.15, -0.1) is 0 Å². The maximum Gasteiger partial charge on any atom is 0.238 e. The molecule has 0 aliphatic heterocycles. The minimum Gasteiger partial charge on any atom is -0.456 e. The lowest BCUT2D eigenvalue weighted by Gasteiger charge is -2.14. The Morgan fingerprint density at radius 1 is 0.300 bits per heavy atom. The van der Waals surface area contributed by atoms with Gasteiger partial charge in [0.1, 0.15) is 22.3 Å². The largest absolute Gasteiger partial charge is 0.456 e. The monoisotopic (exact) mass is 893 g/mol. The minimum absolute atomic E-state index is 0.508. The molecule has 0 unspecified atom stereocenters. The van der Waals surface area contributed by atoms with Gasteiger partial charge in [0.15, 0.2) is 11.6 Å². The molecule has 7 nitrogen and oxygen atoms in total. The summed E-state index contributed by atoms with van der Waals surface area (Å²) in [6.45, 7) is 0. The highest BCUT2D eigenvalue weighted by Crippen LogP contribution is 2.45. The summed E-state index contributed by atoms with van der Waals surface area (Å²) in [5.74, 6) is 1.56. The molecule has 7 heteroatoms. The number of rotatable bonds is 4. The molecule has 5 heterocycles. The van der Waals surface area contributed by atoms with Gasteiger partial charge < -0.3 is 13.4 Å².